The second-order valence-corrected chi connectivity index (χ2v) is 6.77. The van der Waals surface area contributed by atoms with Crippen molar-refractivity contribution >= 4 is 22.7 Å². The first-order valence-electron chi connectivity index (χ1n) is 9.76. The van der Waals surface area contributed by atoms with Gasteiger partial charge >= 0.3 is 12.3 Å². The van der Waals surface area contributed by atoms with Gasteiger partial charge in [0.05, 0.1) is 18.5 Å². The van der Waals surface area contributed by atoms with Crippen molar-refractivity contribution in [3.05, 3.63) is 53.7 Å². The van der Waals surface area contributed by atoms with E-state index in [4.69, 9.17) is 4.74 Å². The molecule has 0 radical (unpaired) electrons. The van der Waals surface area contributed by atoms with Crippen LogP contribution in [-0.4, -0.2) is 34.8 Å². The van der Waals surface area contributed by atoms with E-state index < -0.39 is 35.3 Å². The van der Waals surface area contributed by atoms with Gasteiger partial charge in [-0.05, 0) is 13.0 Å². The number of aromatic hydroxyl groups is 1. The minimum absolute atomic E-state index is 0.0181. The zero-order valence-corrected chi connectivity index (χ0v) is 17.3. The fraction of sp³-hybridized carbons (Fsp3) is 0.217. The second kappa shape index (κ2) is 9.56. The van der Waals surface area contributed by atoms with E-state index >= 15 is 0 Å². The van der Waals surface area contributed by atoms with Crippen LogP contribution in [0.15, 0.2) is 42.5 Å². The maximum atomic E-state index is 12.9. The van der Waals surface area contributed by atoms with Gasteiger partial charge in [0.15, 0.2) is 11.5 Å². The van der Waals surface area contributed by atoms with E-state index in [0.29, 0.717) is 0 Å². The molecule has 170 valence electrons. The summed E-state index contributed by atoms with van der Waals surface area (Å²) in [7, 11) is 0. The molecular formula is C23H17F3N2O5. The number of carbonyl (C=O) groups is 2. The third-order valence-electron chi connectivity index (χ3n) is 4.63. The molecule has 0 atom stereocenters. The summed E-state index contributed by atoms with van der Waals surface area (Å²) in [6.07, 6.45) is -5.55. The van der Waals surface area contributed by atoms with Crippen molar-refractivity contribution in [2.75, 3.05) is 6.61 Å². The normalized spacial score (nSPS) is 11.1. The van der Waals surface area contributed by atoms with Crippen LogP contribution in [0.3, 0.4) is 0 Å². The molecule has 1 heterocycles. The van der Waals surface area contributed by atoms with E-state index in [1.165, 1.54) is 36.4 Å². The number of nitrogens with zero attached hydrogens (tertiary/aromatic N) is 2. The fourth-order valence-corrected chi connectivity index (χ4v) is 3.27. The van der Waals surface area contributed by atoms with Crippen molar-refractivity contribution in [2.24, 2.45) is 0 Å². The Morgan fingerprint density at radius 3 is 2.45 bits per heavy atom. The predicted molar refractivity (Wildman–Crippen MR) is 110 cm³/mol. The number of hydrogen-bond donors (Lipinski definition) is 1. The van der Waals surface area contributed by atoms with Crippen molar-refractivity contribution in [1.82, 2.24) is 4.98 Å². The number of benzene rings is 2. The average molecular weight is 458 g/mol. The first-order valence-corrected chi connectivity index (χ1v) is 9.76. The maximum absolute atomic E-state index is 12.9. The SMILES string of the molecule is CCOC(=O)CCC(=O)c1nc2c(-c3ccccc3OC(F)(F)F)cccc2c(C#N)c1O. The van der Waals surface area contributed by atoms with Crippen molar-refractivity contribution in [2.45, 2.75) is 26.1 Å². The van der Waals surface area contributed by atoms with Gasteiger partial charge in [-0.15, -0.1) is 13.2 Å². The lowest BCUT2D eigenvalue weighted by atomic mass is 9.97. The van der Waals surface area contributed by atoms with Gasteiger partial charge in [-0.3, -0.25) is 9.59 Å². The number of pyridine rings is 1. The molecule has 0 aliphatic rings. The Labute approximate surface area is 186 Å². The highest BCUT2D eigenvalue weighted by molar-refractivity contribution is 6.05. The summed E-state index contributed by atoms with van der Waals surface area (Å²) in [5.41, 5.74) is -0.541. The highest BCUT2D eigenvalue weighted by Crippen LogP contribution is 2.39. The molecule has 0 amide bonds. The van der Waals surface area contributed by atoms with Crippen LogP contribution in [0.4, 0.5) is 13.2 Å². The van der Waals surface area contributed by atoms with Gasteiger partial charge in [0.2, 0.25) is 0 Å². The molecule has 0 aliphatic heterocycles. The Kier molecular flexibility index (Phi) is 6.82. The van der Waals surface area contributed by atoms with Crippen LogP contribution in [-0.2, 0) is 9.53 Å². The van der Waals surface area contributed by atoms with Gasteiger partial charge in [-0.1, -0.05) is 36.4 Å². The largest absolute Gasteiger partial charge is 0.573 e. The second-order valence-electron chi connectivity index (χ2n) is 6.77. The minimum Gasteiger partial charge on any atom is -0.504 e. The Hall–Kier alpha value is -4.13. The number of ketones is 1. The quantitative estimate of drug-likeness (QED) is 0.396. The molecule has 2 aromatic carbocycles. The molecular weight excluding hydrogens is 441 g/mol. The van der Waals surface area contributed by atoms with E-state index in [0.717, 1.165) is 6.07 Å². The third kappa shape index (κ3) is 5.20. The Morgan fingerprint density at radius 1 is 1.09 bits per heavy atom. The number of hydrogen-bond acceptors (Lipinski definition) is 7. The lowest BCUT2D eigenvalue weighted by Crippen LogP contribution is -2.17. The highest BCUT2D eigenvalue weighted by atomic mass is 19.4. The molecule has 1 aromatic heterocycles. The number of fused-ring (bicyclic) bond motifs is 1. The minimum atomic E-state index is -4.95. The molecule has 0 saturated carbocycles. The number of esters is 1. The Morgan fingerprint density at radius 2 is 1.79 bits per heavy atom. The smallest absolute Gasteiger partial charge is 0.504 e. The molecule has 0 bridgehead atoms. The summed E-state index contributed by atoms with van der Waals surface area (Å²) in [4.78, 5) is 28.4. The summed E-state index contributed by atoms with van der Waals surface area (Å²) in [5.74, 6) is -2.52. The highest BCUT2D eigenvalue weighted by Gasteiger charge is 2.32. The summed E-state index contributed by atoms with van der Waals surface area (Å²) < 4.78 is 47.6. The zero-order valence-electron chi connectivity index (χ0n) is 17.3. The molecule has 3 aromatic rings. The molecule has 0 fully saturated rings. The Bertz CT molecular complexity index is 1270. The number of alkyl halides is 3. The monoisotopic (exact) mass is 458 g/mol. The number of rotatable bonds is 7. The van der Waals surface area contributed by atoms with Crippen LogP contribution < -0.4 is 4.74 Å². The topological polar surface area (TPSA) is 110 Å². The molecule has 0 spiro atoms. The van der Waals surface area contributed by atoms with Crippen molar-refractivity contribution in [3.8, 4) is 28.7 Å². The van der Waals surface area contributed by atoms with E-state index in [1.807, 2.05) is 0 Å². The zero-order chi connectivity index (χ0) is 24.2. The number of aromatic nitrogens is 1. The Balaban J connectivity index is 2.17. The number of halogens is 3. The van der Waals surface area contributed by atoms with Gasteiger partial charge < -0.3 is 14.6 Å². The van der Waals surface area contributed by atoms with Gasteiger partial charge in [0, 0.05) is 22.9 Å². The van der Waals surface area contributed by atoms with Gasteiger partial charge in [0.1, 0.15) is 23.1 Å². The van der Waals surface area contributed by atoms with Crippen molar-refractivity contribution in [3.63, 3.8) is 0 Å². The van der Waals surface area contributed by atoms with Crippen LogP contribution >= 0.6 is 0 Å². The van der Waals surface area contributed by atoms with Crippen LogP contribution in [0.2, 0.25) is 0 Å². The van der Waals surface area contributed by atoms with E-state index in [2.05, 4.69) is 9.72 Å². The summed E-state index contributed by atoms with van der Waals surface area (Å²) >= 11 is 0. The molecule has 0 saturated heterocycles. The van der Waals surface area contributed by atoms with Crippen molar-refractivity contribution < 1.29 is 37.3 Å². The lowest BCUT2D eigenvalue weighted by Gasteiger charge is -2.15. The first-order chi connectivity index (χ1) is 15.7. The third-order valence-corrected chi connectivity index (χ3v) is 4.63. The molecule has 7 nitrogen and oxygen atoms in total. The average Bonchev–Trinajstić information content (AvgIpc) is 2.76. The number of nitriles is 1. The predicted octanol–water partition coefficient (Wildman–Crippen LogP) is 4.90. The molecule has 33 heavy (non-hydrogen) atoms. The molecule has 10 heteroatoms. The number of para-hydroxylation sites is 2. The summed E-state index contributed by atoms with van der Waals surface area (Å²) in [6, 6.07) is 11.5. The molecule has 0 aliphatic carbocycles. The van der Waals surface area contributed by atoms with Gasteiger partial charge in [0.25, 0.3) is 0 Å². The number of Topliss-reactive ketones (excluding diaryl/α,β-unsaturated/α-hetero) is 1. The molecule has 1 N–H and O–H groups in total. The number of ether oxygens (including phenoxy) is 2. The standard InChI is InChI=1S/C23H17F3N2O5/c1-2-32-19(30)11-10-17(29)21-22(31)16(12-27)15-8-5-7-14(20(15)28-21)13-6-3-4-9-18(13)33-23(24,25)26/h3-9,31H,2,10-11H2,1H3. The van der Waals surface area contributed by atoms with Crippen molar-refractivity contribution in [1.29, 1.82) is 5.26 Å². The van der Waals surface area contributed by atoms with Crippen LogP contribution in [0.1, 0.15) is 35.8 Å². The van der Waals surface area contributed by atoms with E-state index in [1.54, 1.807) is 13.0 Å². The molecule has 0 unspecified atom stereocenters. The number of carbonyl (C=O) groups excluding carboxylic acids is 2. The maximum Gasteiger partial charge on any atom is 0.573 e. The summed E-state index contributed by atoms with van der Waals surface area (Å²) in [5, 5.41) is 20.2. The fourth-order valence-electron chi connectivity index (χ4n) is 3.27. The lowest BCUT2D eigenvalue weighted by molar-refractivity contribution is -0.274. The van der Waals surface area contributed by atoms with E-state index in [-0.39, 0.29) is 47.0 Å². The van der Waals surface area contributed by atoms with Gasteiger partial charge in [-0.2, -0.15) is 5.26 Å². The van der Waals surface area contributed by atoms with Gasteiger partial charge in [-0.25, -0.2) is 4.98 Å². The molecule has 3 rings (SSSR count). The van der Waals surface area contributed by atoms with Crippen LogP contribution in [0, 0.1) is 11.3 Å². The van der Waals surface area contributed by atoms with E-state index in [9.17, 15) is 33.1 Å². The first kappa shape index (κ1) is 23.5. The van der Waals surface area contributed by atoms with Crippen LogP contribution in [0.5, 0.6) is 11.5 Å². The van der Waals surface area contributed by atoms with Crippen LogP contribution in [0.25, 0.3) is 22.0 Å². The summed E-state index contributed by atoms with van der Waals surface area (Å²) in [6.45, 7) is 1.74.